The highest BCUT2D eigenvalue weighted by Crippen LogP contribution is 2.29. The molecule has 2 aromatic heterocycles. The number of carbonyl (C=O) groups is 1. The molecule has 0 fully saturated rings. The topological polar surface area (TPSA) is 115 Å². The zero-order chi connectivity index (χ0) is 22.5. The zero-order valence-electron chi connectivity index (χ0n) is 17.2. The molecule has 2 heterocycles. The summed E-state index contributed by atoms with van der Waals surface area (Å²) in [5.74, 6) is -0.150. The SMILES string of the molecule is CC(Nc1ccc(C(=O)Nc2ccn(-c3ccccc3)n2)cc1[N+](=O)[O-])c1ccccn1. The van der Waals surface area contributed by atoms with Gasteiger partial charge < -0.3 is 10.6 Å². The van der Waals surface area contributed by atoms with E-state index < -0.39 is 10.8 Å². The van der Waals surface area contributed by atoms with E-state index in [9.17, 15) is 14.9 Å². The van der Waals surface area contributed by atoms with Crippen molar-refractivity contribution >= 4 is 23.1 Å². The van der Waals surface area contributed by atoms with Crippen LogP contribution in [0.2, 0.25) is 0 Å². The molecular weight excluding hydrogens is 408 g/mol. The van der Waals surface area contributed by atoms with Crippen LogP contribution >= 0.6 is 0 Å². The fraction of sp³-hybridized carbons (Fsp3) is 0.0870. The summed E-state index contributed by atoms with van der Waals surface area (Å²) in [7, 11) is 0. The van der Waals surface area contributed by atoms with Gasteiger partial charge in [0.15, 0.2) is 5.82 Å². The molecule has 32 heavy (non-hydrogen) atoms. The lowest BCUT2D eigenvalue weighted by atomic mass is 10.1. The first kappa shape index (κ1) is 20.7. The molecule has 0 bridgehead atoms. The predicted octanol–water partition coefficient (Wildman–Crippen LogP) is 4.60. The molecule has 0 aliphatic carbocycles. The fourth-order valence-electron chi connectivity index (χ4n) is 3.19. The van der Waals surface area contributed by atoms with E-state index in [4.69, 9.17) is 0 Å². The Morgan fingerprint density at radius 3 is 2.56 bits per heavy atom. The lowest BCUT2D eigenvalue weighted by molar-refractivity contribution is -0.384. The Morgan fingerprint density at radius 2 is 1.84 bits per heavy atom. The first-order valence-corrected chi connectivity index (χ1v) is 9.89. The molecule has 4 aromatic rings. The van der Waals surface area contributed by atoms with E-state index in [1.54, 1.807) is 29.2 Å². The van der Waals surface area contributed by atoms with Gasteiger partial charge in [0, 0.05) is 30.1 Å². The molecule has 0 spiro atoms. The number of nitrogens with zero attached hydrogens (tertiary/aromatic N) is 4. The van der Waals surface area contributed by atoms with Gasteiger partial charge in [-0.15, -0.1) is 0 Å². The summed E-state index contributed by atoms with van der Waals surface area (Å²) in [4.78, 5) is 28.1. The Bertz CT molecular complexity index is 1240. The van der Waals surface area contributed by atoms with Crippen molar-refractivity contribution in [3.8, 4) is 5.69 Å². The quantitative estimate of drug-likeness (QED) is 0.328. The molecule has 1 amide bonds. The third kappa shape index (κ3) is 4.62. The summed E-state index contributed by atoms with van der Waals surface area (Å²) in [6, 6.07) is 20.6. The van der Waals surface area contributed by atoms with Gasteiger partial charge in [0.1, 0.15) is 5.69 Å². The first-order chi connectivity index (χ1) is 15.5. The third-order valence-corrected chi connectivity index (χ3v) is 4.81. The van der Waals surface area contributed by atoms with Crippen LogP contribution in [0.1, 0.15) is 29.0 Å². The minimum atomic E-state index is -0.519. The van der Waals surface area contributed by atoms with E-state index in [0.717, 1.165) is 11.4 Å². The van der Waals surface area contributed by atoms with Gasteiger partial charge in [-0.2, -0.15) is 5.10 Å². The number of amides is 1. The van der Waals surface area contributed by atoms with E-state index in [-0.39, 0.29) is 17.3 Å². The summed E-state index contributed by atoms with van der Waals surface area (Å²) in [5.41, 5.74) is 1.86. The van der Waals surface area contributed by atoms with E-state index in [0.29, 0.717) is 11.5 Å². The Hall–Kier alpha value is -4.53. The molecule has 1 atom stereocenters. The zero-order valence-corrected chi connectivity index (χ0v) is 17.2. The third-order valence-electron chi connectivity index (χ3n) is 4.81. The van der Waals surface area contributed by atoms with Crippen LogP contribution in [-0.2, 0) is 0 Å². The highest BCUT2D eigenvalue weighted by Gasteiger charge is 2.20. The number of para-hydroxylation sites is 1. The number of nitro benzene ring substituents is 1. The van der Waals surface area contributed by atoms with E-state index >= 15 is 0 Å². The van der Waals surface area contributed by atoms with E-state index in [2.05, 4.69) is 20.7 Å². The summed E-state index contributed by atoms with van der Waals surface area (Å²) in [5, 5.41) is 21.7. The monoisotopic (exact) mass is 428 g/mol. The van der Waals surface area contributed by atoms with Gasteiger partial charge >= 0.3 is 0 Å². The number of benzene rings is 2. The minimum Gasteiger partial charge on any atom is -0.371 e. The maximum absolute atomic E-state index is 12.7. The van der Waals surface area contributed by atoms with Crippen LogP contribution in [-0.4, -0.2) is 25.6 Å². The first-order valence-electron chi connectivity index (χ1n) is 9.89. The number of rotatable bonds is 7. The Balaban J connectivity index is 1.51. The number of nitro groups is 1. The van der Waals surface area contributed by atoms with Gasteiger partial charge in [0.05, 0.1) is 22.3 Å². The predicted molar refractivity (Wildman–Crippen MR) is 121 cm³/mol. The number of pyridine rings is 1. The lowest BCUT2D eigenvalue weighted by Gasteiger charge is -2.15. The maximum Gasteiger partial charge on any atom is 0.293 e. The Labute approximate surface area is 183 Å². The van der Waals surface area contributed by atoms with Gasteiger partial charge in [0.25, 0.3) is 11.6 Å². The second kappa shape index (κ2) is 9.09. The molecule has 0 saturated heterocycles. The molecular formula is C23H20N6O3. The summed E-state index contributed by atoms with van der Waals surface area (Å²) in [6.45, 7) is 1.86. The van der Waals surface area contributed by atoms with Crippen molar-refractivity contribution in [2.75, 3.05) is 10.6 Å². The molecule has 0 radical (unpaired) electrons. The number of hydrogen-bond acceptors (Lipinski definition) is 6. The second-order valence-electron chi connectivity index (χ2n) is 7.04. The molecule has 9 nitrogen and oxygen atoms in total. The van der Waals surface area contributed by atoms with Crippen molar-refractivity contribution in [3.05, 3.63) is 107 Å². The van der Waals surface area contributed by atoms with Crippen molar-refractivity contribution in [1.82, 2.24) is 14.8 Å². The number of hydrogen-bond donors (Lipinski definition) is 2. The summed E-state index contributed by atoms with van der Waals surface area (Å²) >= 11 is 0. The fourth-order valence-corrected chi connectivity index (χ4v) is 3.19. The molecule has 0 saturated carbocycles. The van der Waals surface area contributed by atoms with Crippen LogP contribution < -0.4 is 10.6 Å². The van der Waals surface area contributed by atoms with Crippen molar-refractivity contribution < 1.29 is 9.72 Å². The smallest absolute Gasteiger partial charge is 0.293 e. The lowest BCUT2D eigenvalue weighted by Crippen LogP contribution is -2.14. The molecule has 9 heteroatoms. The van der Waals surface area contributed by atoms with Crippen LogP contribution in [0, 0.1) is 10.1 Å². The van der Waals surface area contributed by atoms with Gasteiger partial charge in [-0.05, 0) is 43.3 Å². The van der Waals surface area contributed by atoms with Crippen LogP contribution in [0.3, 0.4) is 0 Å². The largest absolute Gasteiger partial charge is 0.371 e. The Kier molecular flexibility index (Phi) is 5.89. The number of carbonyl (C=O) groups excluding carboxylic acids is 1. The van der Waals surface area contributed by atoms with Gasteiger partial charge in [-0.25, -0.2) is 4.68 Å². The summed E-state index contributed by atoms with van der Waals surface area (Å²) in [6.07, 6.45) is 3.38. The van der Waals surface area contributed by atoms with Crippen molar-refractivity contribution in [1.29, 1.82) is 0 Å². The molecule has 0 aliphatic heterocycles. The number of nitrogens with one attached hydrogen (secondary N) is 2. The number of anilines is 2. The molecule has 160 valence electrons. The van der Waals surface area contributed by atoms with E-state index in [1.165, 1.54) is 18.2 Å². The van der Waals surface area contributed by atoms with Crippen LogP contribution in [0.4, 0.5) is 17.2 Å². The molecule has 1 unspecified atom stereocenters. The Morgan fingerprint density at radius 1 is 1.06 bits per heavy atom. The average Bonchev–Trinajstić information content (AvgIpc) is 3.28. The standard InChI is InChI=1S/C23H20N6O3/c1-16(19-9-5-6-13-24-19)25-20-11-10-17(15-21(20)29(31)32)23(30)26-22-12-14-28(27-22)18-7-3-2-4-8-18/h2-16,25H,1H3,(H,26,27,30). The highest BCUT2D eigenvalue weighted by atomic mass is 16.6. The van der Waals surface area contributed by atoms with Crippen LogP contribution in [0.5, 0.6) is 0 Å². The molecule has 2 N–H and O–H groups in total. The van der Waals surface area contributed by atoms with Gasteiger partial charge in [-0.1, -0.05) is 24.3 Å². The van der Waals surface area contributed by atoms with Crippen molar-refractivity contribution in [2.24, 2.45) is 0 Å². The van der Waals surface area contributed by atoms with Crippen LogP contribution in [0.25, 0.3) is 5.69 Å². The van der Waals surface area contributed by atoms with Crippen molar-refractivity contribution in [3.63, 3.8) is 0 Å². The average molecular weight is 428 g/mol. The second-order valence-corrected chi connectivity index (χ2v) is 7.04. The maximum atomic E-state index is 12.7. The normalized spacial score (nSPS) is 11.5. The summed E-state index contributed by atoms with van der Waals surface area (Å²) < 4.78 is 1.63. The van der Waals surface area contributed by atoms with Crippen molar-refractivity contribution in [2.45, 2.75) is 13.0 Å². The van der Waals surface area contributed by atoms with E-state index in [1.807, 2.05) is 49.4 Å². The number of aromatic nitrogens is 3. The molecule has 4 rings (SSSR count). The minimum absolute atomic E-state index is 0.155. The van der Waals surface area contributed by atoms with Gasteiger partial charge in [0.2, 0.25) is 0 Å². The van der Waals surface area contributed by atoms with Crippen LogP contribution in [0.15, 0.2) is 85.2 Å². The highest BCUT2D eigenvalue weighted by molar-refractivity contribution is 6.04. The molecule has 2 aromatic carbocycles. The molecule has 0 aliphatic rings. The van der Waals surface area contributed by atoms with Gasteiger partial charge in [-0.3, -0.25) is 19.9 Å².